The molecule has 0 saturated heterocycles. The van der Waals surface area contributed by atoms with Gasteiger partial charge in [-0.2, -0.15) is 0 Å². The zero-order valence-electron chi connectivity index (χ0n) is 11.5. The van der Waals surface area contributed by atoms with Gasteiger partial charge in [-0.15, -0.1) is 0 Å². The molecule has 4 nitrogen and oxygen atoms in total. The highest BCUT2D eigenvalue weighted by Gasteiger charge is 2.03. The van der Waals surface area contributed by atoms with Crippen molar-refractivity contribution < 1.29 is 9.53 Å². The number of hydrogen-bond acceptors (Lipinski definition) is 3. The third-order valence-electron chi connectivity index (χ3n) is 2.91. The largest absolute Gasteiger partial charge is 0.484 e. The lowest BCUT2D eigenvalue weighted by atomic mass is 10.1. The molecule has 0 fully saturated rings. The number of hydrogen-bond donors (Lipinski definition) is 2. The Balaban J connectivity index is 1.76. The highest BCUT2D eigenvalue weighted by atomic mass is 35.5. The van der Waals surface area contributed by atoms with Crippen molar-refractivity contribution in [2.45, 2.75) is 13.1 Å². The van der Waals surface area contributed by atoms with E-state index in [2.05, 4.69) is 5.32 Å². The van der Waals surface area contributed by atoms with Gasteiger partial charge in [0.15, 0.2) is 6.61 Å². The summed E-state index contributed by atoms with van der Waals surface area (Å²) in [5.41, 5.74) is 7.61. The third-order valence-corrected chi connectivity index (χ3v) is 3.15. The summed E-state index contributed by atoms with van der Waals surface area (Å²) in [5.74, 6) is 0.392. The molecule has 3 N–H and O–H groups in total. The van der Waals surface area contributed by atoms with Gasteiger partial charge < -0.3 is 15.8 Å². The van der Waals surface area contributed by atoms with E-state index in [0.29, 0.717) is 23.9 Å². The van der Waals surface area contributed by atoms with Crippen LogP contribution in [0.2, 0.25) is 5.02 Å². The topological polar surface area (TPSA) is 64.3 Å². The first kappa shape index (κ1) is 15.4. The van der Waals surface area contributed by atoms with E-state index in [9.17, 15) is 4.79 Å². The smallest absolute Gasteiger partial charge is 0.258 e. The van der Waals surface area contributed by atoms with Gasteiger partial charge in [-0.3, -0.25) is 4.79 Å². The Morgan fingerprint density at radius 3 is 2.52 bits per heavy atom. The quantitative estimate of drug-likeness (QED) is 0.862. The van der Waals surface area contributed by atoms with E-state index in [1.807, 2.05) is 24.3 Å². The second kappa shape index (κ2) is 7.67. The molecule has 0 bridgehead atoms. The summed E-state index contributed by atoms with van der Waals surface area (Å²) in [6, 6.07) is 14.7. The van der Waals surface area contributed by atoms with E-state index in [-0.39, 0.29) is 12.5 Å². The van der Waals surface area contributed by atoms with Crippen LogP contribution in [-0.4, -0.2) is 12.5 Å². The van der Waals surface area contributed by atoms with Crippen molar-refractivity contribution in [3.8, 4) is 5.75 Å². The van der Waals surface area contributed by atoms with E-state index >= 15 is 0 Å². The molecule has 1 amide bonds. The van der Waals surface area contributed by atoms with Crippen molar-refractivity contribution in [2.75, 3.05) is 6.61 Å². The van der Waals surface area contributed by atoms with Gasteiger partial charge in [0, 0.05) is 18.1 Å². The molecule has 0 unspecified atom stereocenters. The van der Waals surface area contributed by atoms with Gasteiger partial charge in [0.2, 0.25) is 0 Å². The summed E-state index contributed by atoms with van der Waals surface area (Å²) in [6.07, 6.45) is 0. The molecule has 0 heterocycles. The van der Waals surface area contributed by atoms with Crippen LogP contribution in [0.3, 0.4) is 0 Å². The van der Waals surface area contributed by atoms with Crippen LogP contribution in [0.4, 0.5) is 0 Å². The predicted molar refractivity (Wildman–Crippen MR) is 83.1 cm³/mol. The average molecular weight is 305 g/mol. The van der Waals surface area contributed by atoms with Crippen LogP contribution in [0.25, 0.3) is 0 Å². The van der Waals surface area contributed by atoms with Crippen LogP contribution in [0.15, 0.2) is 48.5 Å². The molecule has 21 heavy (non-hydrogen) atoms. The van der Waals surface area contributed by atoms with Crippen LogP contribution in [0, 0.1) is 0 Å². The summed E-state index contributed by atoms with van der Waals surface area (Å²) in [6.45, 7) is 0.934. The fraction of sp³-hybridized carbons (Fsp3) is 0.188. The van der Waals surface area contributed by atoms with Crippen molar-refractivity contribution >= 4 is 17.5 Å². The van der Waals surface area contributed by atoms with E-state index in [4.69, 9.17) is 22.1 Å². The van der Waals surface area contributed by atoms with E-state index in [1.165, 1.54) is 0 Å². The lowest BCUT2D eigenvalue weighted by Gasteiger charge is -2.08. The first-order chi connectivity index (χ1) is 10.2. The molecule has 2 aromatic rings. The number of carbonyl (C=O) groups excluding carboxylic acids is 1. The monoisotopic (exact) mass is 304 g/mol. The Labute approximate surface area is 128 Å². The van der Waals surface area contributed by atoms with Crippen molar-refractivity contribution in [3.63, 3.8) is 0 Å². The van der Waals surface area contributed by atoms with E-state index < -0.39 is 0 Å². The number of nitrogens with one attached hydrogen (secondary N) is 1. The number of ether oxygens (including phenoxy) is 1. The molecule has 0 aliphatic carbocycles. The molecule has 0 atom stereocenters. The molecule has 0 radical (unpaired) electrons. The minimum atomic E-state index is -0.183. The van der Waals surface area contributed by atoms with Gasteiger partial charge in [-0.1, -0.05) is 41.9 Å². The second-order valence-electron chi connectivity index (χ2n) is 4.54. The normalized spacial score (nSPS) is 10.2. The van der Waals surface area contributed by atoms with Gasteiger partial charge in [0.25, 0.3) is 5.91 Å². The summed E-state index contributed by atoms with van der Waals surface area (Å²) < 4.78 is 5.36. The van der Waals surface area contributed by atoms with E-state index in [1.54, 1.807) is 24.3 Å². The number of rotatable bonds is 6. The highest BCUT2D eigenvalue weighted by Crippen LogP contribution is 2.16. The first-order valence-electron chi connectivity index (χ1n) is 6.60. The maximum absolute atomic E-state index is 11.7. The van der Waals surface area contributed by atoms with Crippen molar-refractivity contribution in [1.82, 2.24) is 5.32 Å². The molecule has 2 aromatic carbocycles. The summed E-state index contributed by atoms with van der Waals surface area (Å²) in [7, 11) is 0. The summed E-state index contributed by atoms with van der Waals surface area (Å²) in [4.78, 5) is 11.7. The Bertz CT molecular complexity index is 599. The number of benzene rings is 2. The van der Waals surface area contributed by atoms with Crippen LogP contribution < -0.4 is 15.8 Å². The molecule has 0 saturated carbocycles. The fourth-order valence-corrected chi connectivity index (χ4v) is 1.93. The zero-order valence-corrected chi connectivity index (χ0v) is 12.3. The van der Waals surface area contributed by atoms with Gasteiger partial charge in [-0.25, -0.2) is 0 Å². The summed E-state index contributed by atoms with van der Waals surface area (Å²) >= 11 is 5.84. The van der Waals surface area contributed by atoms with Crippen LogP contribution in [-0.2, 0) is 17.9 Å². The third kappa shape index (κ3) is 5.10. The van der Waals surface area contributed by atoms with Crippen LogP contribution in [0.5, 0.6) is 5.75 Å². The van der Waals surface area contributed by atoms with Gasteiger partial charge in [0.05, 0.1) is 0 Å². The molecule has 5 heteroatoms. The molecule has 2 rings (SSSR count). The standard InChI is InChI=1S/C16H17ClN2O2/c17-14-2-1-3-15(8-14)21-11-16(20)19-10-13-6-4-12(9-18)5-7-13/h1-8H,9-11,18H2,(H,19,20). The Morgan fingerprint density at radius 2 is 1.86 bits per heavy atom. The van der Waals surface area contributed by atoms with Crippen molar-refractivity contribution in [1.29, 1.82) is 0 Å². The molecular formula is C16H17ClN2O2. The minimum absolute atomic E-state index is 0.0405. The molecule has 0 spiro atoms. The molecule has 0 aromatic heterocycles. The molecule has 110 valence electrons. The van der Waals surface area contributed by atoms with Gasteiger partial charge in [-0.05, 0) is 29.3 Å². The number of nitrogens with two attached hydrogens (primary N) is 1. The highest BCUT2D eigenvalue weighted by molar-refractivity contribution is 6.30. The lowest BCUT2D eigenvalue weighted by molar-refractivity contribution is -0.123. The van der Waals surface area contributed by atoms with Crippen molar-refractivity contribution in [3.05, 3.63) is 64.7 Å². The van der Waals surface area contributed by atoms with Gasteiger partial charge >= 0.3 is 0 Å². The zero-order chi connectivity index (χ0) is 15.1. The van der Waals surface area contributed by atoms with E-state index in [0.717, 1.165) is 11.1 Å². The minimum Gasteiger partial charge on any atom is -0.484 e. The van der Waals surface area contributed by atoms with Gasteiger partial charge in [0.1, 0.15) is 5.75 Å². The molecule has 0 aliphatic rings. The van der Waals surface area contributed by atoms with Crippen molar-refractivity contribution in [2.24, 2.45) is 5.73 Å². The van der Waals surface area contributed by atoms with Crippen LogP contribution >= 0.6 is 11.6 Å². The molecule has 0 aliphatic heterocycles. The Kier molecular flexibility index (Phi) is 5.60. The Hall–Kier alpha value is -2.04. The SMILES string of the molecule is NCc1ccc(CNC(=O)COc2cccc(Cl)c2)cc1. The predicted octanol–water partition coefficient (Wildman–Crippen LogP) is 2.49. The van der Waals surface area contributed by atoms with Crippen LogP contribution in [0.1, 0.15) is 11.1 Å². The summed E-state index contributed by atoms with van der Waals surface area (Å²) in [5, 5.41) is 3.37. The fourth-order valence-electron chi connectivity index (χ4n) is 1.75. The number of amides is 1. The average Bonchev–Trinajstić information content (AvgIpc) is 2.51. The lowest BCUT2D eigenvalue weighted by Crippen LogP contribution is -2.28. The maximum atomic E-state index is 11.7. The maximum Gasteiger partial charge on any atom is 0.258 e. The molecular weight excluding hydrogens is 288 g/mol. The first-order valence-corrected chi connectivity index (χ1v) is 6.98. The number of halogens is 1. The number of carbonyl (C=O) groups is 1. The second-order valence-corrected chi connectivity index (χ2v) is 4.98. The Morgan fingerprint density at radius 1 is 1.14 bits per heavy atom.